The Morgan fingerprint density at radius 3 is 2.61 bits per heavy atom. The lowest BCUT2D eigenvalue weighted by atomic mass is 10.2. The molecule has 0 saturated heterocycles. The molecule has 1 amide bonds. The molecule has 0 radical (unpaired) electrons. The number of nitrogens with zero attached hydrogens (tertiary/aromatic N) is 7. The molecule has 14 heteroatoms. The standard InChI is InChI=1S/C24H16Cl2N8O4/c25-16-6-7-22(20(26)10-16)38-19-12-17(11-18(13-19)34(36)37)27-24(35)21-8-9-32(29-21)14-33-30-23(28-31-33)15-4-2-1-3-5-15/h1-13H,14H2,(H,27,35). The molecule has 0 fully saturated rings. The second-order valence-corrected chi connectivity index (χ2v) is 8.68. The minimum absolute atomic E-state index is 0.0723. The molecule has 2 heterocycles. The van der Waals surface area contributed by atoms with Gasteiger partial charge >= 0.3 is 0 Å². The zero-order chi connectivity index (χ0) is 26.6. The first-order valence-electron chi connectivity index (χ1n) is 10.9. The van der Waals surface area contributed by atoms with Crippen LogP contribution in [0.2, 0.25) is 10.0 Å². The summed E-state index contributed by atoms with van der Waals surface area (Å²) in [5.74, 6) is 0.205. The maximum atomic E-state index is 12.8. The maximum Gasteiger partial charge on any atom is 0.276 e. The molecule has 0 aliphatic heterocycles. The van der Waals surface area contributed by atoms with Crippen molar-refractivity contribution >= 4 is 40.5 Å². The molecule has 3 aromatic carbocycles. The Balaban J connectivity index is 1.30. The highest BCUT2D eigenvalue weighted by Gasteiger charge is 2.17. The molecule has 12 nitrogen and oxygen atoms in total. The van der Waals surface area contributed by atoms with Crippen molar-refractivity contribution in [1.29, 1.82) is 0 Å². The lowest BCUT2D eigenvalue weighted by Gasteiger charge is -2.10. The quantitative estimate of drug-likeness (QED) is 0.202. The number of nitrogens with one attached hydrogen (secondary N) is 1. The van der Waals surface area contributed by atoms with E-state index in [-0.39, 0.29) is 40.3 Å². The maximum absolute atomic E-state index is 12.8. The van der Waals surface area contributed by atoms with Crippen LogP contribution in [0.15, 0.2) is 79.0 Å². The third kappa shape index (κ3) is 5.77. The van der Waals surface area contributed by atoms with Gasteiger partial charge in [-0.25, -0.2) is 4.68 Å². The largest absolute Gasteiger partial charge is 0.455 e. The first-order chi connectivity index (χ1) is 18.3. The first-order valence-corrected chi connectivity index (χ1v) is 11.7. The van der Waals surface area contributed by atoms with E-state index in [1.807, 2.05) is 30.3 Å². The number of ether oxygens (including phenoxy) is 1. The van der Waals surface area contributed by atoms with Crippen LogP contribution in [0, 0.1) is 10.1 Å². The van der Waals surface area contributed by atoms with Crippen LogP contribution in [0.25, 0.3) is 11.4 Å². The van der Waals surface area contributed by atoms with Crippen molar-refractivity contribution in [2.45, 2.75) is 6.67 Å². The minimum Gasteiger partial charge on any atom is -0.455 e. The number of amides is 1. The van der Waals surface area contributed by atoms with Gasteiger partial charge in [-0.1, -0.05) is 53.5 Å². The molecular formula is C24H16Cl2N8O4. The molecule has 5 aromatic rings. The number of non-ortho nitro benzene ring substituents is 1. The van der Waals surface area contributed by atoms with Gasteiger partial charge < -0.3 is 10.1 Å². The topological polar surface area (TPSA) is 143 Å². The van der Waals surface area contributed by atoms with Gasteiger partial charge in [0.25, 0.3) is 11.6 Å². The molecule has 38 heavy (non-hydrogen) atoms. The normalized spacial score (nSPS) is 10.8. The van der Waals surface area contributed by atoms with E-state index in [2.05, 4.69) is 25.8 Å². The lowest BCUT2D eigenvalue weighted by molar-refractivity contribution is -0.384. The van der Waals surface area contributed by atoms with E-state index in [9.17, 15) is 14.9 Å². The second kappa shape index (κ2) is 10.7. The highest BCUT2D eigenvalue weighted by molar-refractivity contribution is 6.35. The summed E-state index contributed by atoms with van der Waals surface area (Å²) in [5, 5.41) is 31.3. The monoisotopic (exact) mass is 550 g/mol. The average Bonchev–Trinajstić information content (AvgIpc) is 3.56. The molecule has 0 bridgehead atoms. The van der Waals surface area contributed by atoms with Gasteiger partial charge in [-0.2, -0.15) is 5.10 Å². The van der Waals surface area contributed by atoms with E-state index in [1.54, 1.807) is 12.3 Å². The Bertz CT molecular complexity index is 1640. The molecule has 2 aromatic heterocycles. The fraction of sp³-hybridized carbons (Fsp3) is 0.0417. The predicted molar refractivity (Wildman–Crippen MR) is 138 cm³/mol. The summed E-state index contributed by atoms with van der Waals surface area (Å²) in [6.45, 7) is 0.115. The van der Waals surface area contributed by atoms with E-state index in [1.165, 1.54) is 45.9 Å². The molecule has 1 N–H and O–H groups in total. The van der Waals surface area contributed by atoms with Gasteiger partial charge in [-0.15, -0.1) is 15.0 Å². The van der Waals surface area contributed by atoms with Crippen molar-refractivity contribution in [3.63, 3.8) is 0 Å². The van der Waals surface area contributed by atoms with E-state index in [0.717, 1.165) is 5.56 Å². The molecule has 0 saturated carbocycles. The highest BCUT2D eigenvalue weighted by Crippen LogP contribution is 2.34. The third-order valence-corrected chi connectivity index (χ3v) is 5.64. The SMILES string of the molecule is O=C(Nc1cc(Oc2ccc(Cl)cc2Cl)cc([N+](=O)[O-])c1)c1ccn(Cn2nnc(-c3ccccc3)n2)n1. The number of hydrogen-bond acceptors (Lipinski definition) is 8. The number of anilines is 1. The van der Waals surface area contributed by atoms with Gasteiger partial charge in [-0.3, -0.25) is 14.9 Å². The second-order valence-electron chi connectivity index (χ2n) is 7.84. The number of tetrazole rings is 1. The highest BCUT2D eigenvalue weighted by atomic mass is 35.5. The zero-order valence-electron chi connectivity index (χ0n) is 19.2. The van der Waals surface area contributed by atoms with Crippen molar-refractivity contribution in [2.24, 2.45) is 0 Å². The van der Waals surface area contributed by atoms with Crippen LogP contribution in [0.3, 0.4) is 0 Å². The number of hydrogen-bond donors (Lipinski definition) is 1. The van der Waals surface area contributed by atoms with E-state index >= 15 is 0 Å². The van der Waals surface area contributed by atoms with Crippen LogP contribution in [0.1, 0.15) is 10.5 Å². The van der Waals surface area contributed by atoms with E-state index < -0.39 is 10.8 Å². The molecule has 0 aliphatic rings. The van der Waals surface area contributed by atoms with Crippen LogP contribution in [-0.2, 0) is 6.67 Å². The number of nitro groups is 1. The summed E-state index contributed by atoms with van der Waals surface area (Å²) < 4.78 is 7.15. The number of halogens is 2. The van der Waals surface area contributed by atoms with Gasteiger partial charge in [0.05, 0.1) is 21.7 Å². The first kappa shape index (κ1) is 24.9. The minimum atomic E-state index is -0.602. The molecule has 5 rings (SSSR count). The molecule has 0 aliphatic carbocycles. The van der Waals surface area contributed by atoms with Crippen molar-refractivity contribution in [2.75, 3.05) is 5.32 Å². The number of carbonyl (C=O) groups is 1. The molecule has 0 atom stereocenters. The van der Waals surface area contributed by atoms with Crippen LogP contribution in [0.4, 0.5) is 11.4 Å². The van der Waals surface area contributed by atoms with E-state index in [0.29, 0.717) is 10.8 Å². The van der Waals surface area contributed by atoms with Gasteiger partial charge in [0, 0.05) is 28.9 Å². The number of nitro benzene ring substituents is 1. The Kier molecular flexibility index (Phi) is 6.98. The predicted octanol–water partition coefficient (Wildman–Crippen LogP) is 5.30. The van der Waals surface area contributed by atoms with Gasteiger partial charge in [0.15, 0.2) is 12.4 Å². The summed E-state index contributed by atoms with van der Waals surface area (Å²) in [6.07, 6.45) is 1.57. The van der Waals surface area contributed by atoms with Crippen LogP contribution >= 0.6 is 23.2 Å². The Labute approximate surface area is 224 Å². The molecular weight excluding hydrogens is 535 g/mol. The third-order valence-electron chi connectivity index (χ3n) is 5.11. The summed E-state index contributed by atoms with van der Waals surface area (Å²) in [7, 11) is 0. The number of rotatable bonds is 8. The number of benzene rings is 3. The summed E-state index contributed by atoms with van der Waals surface area (Å²) in [4.78, 5) is 25.0. The van der Waals surface area contributed by atoms with Gasteiger partial charge in [-0.05, 0) is 29.5 Å². The average molecular weight is 551 g/mol. The van der Waals surface area contributed by atoms with Crippen LogP contribution in [-0.4, -0.2) is 40.8 Å². The fourth-order valence-electron chi connectivity index (χ4n) is 3.40. The summed E-state index contributed by atoms with van der Waals surface area (Å²) in [5.41, 5.74) is 0.727. The summed E-state index contributed by atoms with van der Waals surface area (Å²) in [6, 6.07) is 19.3. The molecule has 190 valence electrons. The van der Waals surface area contributed by atoms with Crippen molar-refractivity contribution < 1.29 is 14.5 Å². The smallest absolute Gasteiger partial charge is 0.276 e. The van der Waals surface area contributed by atoms with Crippen molar-refractivity contribution in [3.8, 4) is 22.9 Å². The Morgan fingerprint density at radius 2 is 1.84 bits per heavy atom. The molecule has 0 spiro atoms. The Hall–Kier alpha value is -4.81. The fourth-order valence-corrected chi connectivity index (χ4v) is 3.84. The van der Waals surface area contributed by atoms with Gasteiger partial charge in [0.1, 0.15) is 11.5 Å². The van der Waals surface area contributed by atoms with Gasteiger partial charge in [0.2, 0.25) is 5.82 Å². The Morgan fingerprint density at radius 1 is 1.03 bits per heavy atom. The number of aromatic nitrogens is 6. The van der Waals surface area contributed by atoms with Crippen LogP contribution in [0.5, 0.6) is 11.5 Å². The zero-order valence-corrected chi connectivity index (χ0v) is 20.7. The lowest BCUT2D eigenvalue weighted by Crippen LogP contribution is -2.16. The number of carbonyl (C=O) groups excluding carboxylic acids is 1. The molecule has 0 unspecified atom stereocenters. The van der Waals surface area contributed by atoms with Crippen LogP contribution < -0.4 is 10.1 Å². The van der Waals surface area contributed by atoms with E-state index in [4.69, 9.17) is 27.9 Å². The summed E-state index contributed by atoms with van der Waals surface area (Å²) >= 11 is 12.0. The van der Waals surface area contributed by atoms with Crippen molar-refractivity contribution in [3.05, 3.63) is 105 Å². The van der Waals surface area contributed by atoms with Crippen molar-refractivity contribution in [1.82, 2.24) is 30.0 Å².